The molecule has 1 aliphatic rings. The summed E-state index contributed by atoms with van der Waals surface area (Å²) >= 11 is 0. The van der Waals surface area contributed by atoms with E-state index in [2.05, 4.69) is 10.6 Å². The Morgan fingerprint density at radius 1 is 1.26 bits per heavy atom. The standard InChI is InChI=1S/C21H25N3O6S/c1-5-29-16-8-6-15(7-9-16)22-20(25)12-24(4)31(27,28)19-11-18-17(10-13(19)2)23-21(26)14(3)30-18/h6-11,14H,5,12H2,1-4H3,(H,22,25)(H,23,26)/t14-/m0/s1. The van der Waals surface area contributed by atoms with Crippen LogP contribution in [-0.2, 0) is 19.6 Å². The summed E-state index contributed by atoms with van der Waals surface area (Å²) in [6.45, 7) is 5.22. The number of amides is 2. The number of hydrogen-bond acceptors (Lipinski definition) is 6. The molecule has 2 aromatic rings. The molecule has 10 heteroatoms. The van der Waals surface area contributed by atoms with Crippen LogP contribution in [0.25, 0.3) is 0 Å². The number of nitrogens with one attached hydrogen (secondary N) is 2. The highest BCUT2D eigenvalue weighted by molar-refractivity contribution is 7.89. The van der Waals surface area contributed by atoms with E-state index in [0.29, 0.717) is 29.3 Å². The molecule has 9 nitrogen and oxygen atoms in total. The number of fused-ring (bicyclic) bond motifs is 1. The minimum Gasteiger partial charge on any atom is -0.494 e. The number of hydrogen-bond donors (Lipinski definition) is 2. The van der Waals surface area contributed by atoms with Crippen molar-refractivity contribution in [2.24, 2.45) is 0 Å². The fourth-order valence-electron chi connectivity index (χ4n) is 3.08. The number of aryl methyl sites for hydroxylation is 1. The van der Waals surface area contributed by atoms with E-state index in [1.54, 1.807) is 44.2 Å². The summed E-state index contributed by atoms with van der Waals surface area (Å²) in [5.74, 6) is 0.160. The Kier molecular flexibility index (Phi) is 6.51. The lowest BCUT2D eigenvalue weighted by Crippen LogP contribution is -2.36. The van der Waals surface area contributed by atoms with E-state index in [-0.39, 0.29) is 23.1 Å². The zero-order valence-electron chi connectivity index (χ0n) is 17.8. The van der Waals surface area contributed by atoms with Crippen molar-refractivity contribution in [2.75, 3.05) is 30.8 Å². The number of anilines is 2. The lowest BCUT2D eigenvalue weighted by atomic mass is 10.1. The third-order valence-electron chi connectivity index (χ3n) is 4.71. The summed E-state index contributed by atoms with van der Waals surface area (Å²) in [5.41, 5.74) is 1.37. The summed E-state index contributed by atoms with van der Waals surface area (Å²) in [7, 11) is -2.65. The summed E-state index contributed by atoms with van der Waals surface area (Å²) in [5, 5.41) is 5.35. The number of carbonyl (C=O) groups excluding carboxylic acids is 2. The maximum atomic E-state index is 13.1. The van der Waals surface area contributed by atoms with Crippen LogP contribution in [0, 0.1) is 6.92 Å². The Hall–Kier alpha value is -3.11. The predicted molar refractivity (Wildman–Crippen MR) is 116 cm³/mol. The second kappa shape index (κ2) is 8.94. The average Bonchev–Trinajstić information content (AvgIpc) is 2.70. The molecule has 1 heterocycles. The van der Waals surface area contributed by atoms with E-state index in [4.69, 9.17) is 9.47 Å². The Morgan fingerprint density at radius 2 is 1.94 bits per heavy atom. The van der Waals surface area contributed by atoms with Gasteiger partial charge < -0.3 is 20.1 Å². The molecule has 0 saturated carbocycles. The first-order chi connectivity index (χ1) is 14.6. The van der Waals surface area contributed by atoms with Gasteiger partial charge in [0.1, 0.15) is 11.5 Å². The number of likely N-dealkylation sites (N-methyl/N-ethyl adjacent to an activating group) is 1. The Labute approximate surface area is 181 Å². The monoisotopic (exact) mass is 447 g/mol. The number of benzene rings is 2. The summed E-state index contributed by atoms with van der Waals surface area (Å²) in [6, 6.07) is 9.71. The highest BCUT2D eigenvalue weighted by atomic mass is 32.2. The Balaban J connectivity index is 1.73. The Morgan fingerprint density at radius 3 is 2.58 bits per heavy atom. The lowest BCUT2D eigenvalue weighted by Gasteiger charge is -2.25. The van der Waals surface area contributed by atoms with E-state index in [1.165, 1.54) is 13.1 Å². The normalized spacial score (nSPS) is 15.6. The zero-order valence-corrected chi connectivity index (χ0v) is 18.6. The van der Waals surface area contributed by atoms with Crippen LogP contribution >= 0.6 is 0 Å². The average molecular weight is 448 g/mol. The van der Waals surface area contributed by atoms with Crippen molar-refractivity contribution in [3.8, 4) is 11.5 Å². The highest BCUT2D eigenvalue weighted by Crippen LogP contribution is 2.35. The molecule has 2 N–H and O–H groups in total. The minimum atomic E-state index is -3.98. The molecule has 2 amide bonds. The van der Waals surface area contributed by atoms with Crippen LogP contribution in [-0.4, -0.2) is 50.8 Å². The van der Waals surface area contributed by atoms with Gasteiger partial charge in [-0.25, -0.2) is 8.42 Å². The zero-order chi connectivity index (χ0) is 22.8. The number of ether oxygens (including phenoxy) is 2. The van der Waals surface area contributed by atoms with Crippen molar-refractivity contribution in [1.29, 1.82) is 0 Å². The first-order valence-corrected chi connectivity index (χ1v) is 11.2. The molecule has 1 aliphatic heterocycles. The molecule has 0 fully saturated rings. The van der Waals surface area contributed by atoms with Gasteiger partial charge in [-0.05, 0) is 56.7 Å². The van der Waals surface area contributed by atoms with Crippen LogP contribution in [0.15, 0.2) is 41.3 Å². The van der Waals surface area contributed by atoms with Gasteiger partial charge in [0.25, 0.3) is 5.91 Å². The van der Waals surface area contributed by atoms with Crippen LogP contribution in [0.4, 0.5) is 11.4 Å². The summed E-state index contributed by atoms with van der Waals surface area (Å²) in [4.78, 5) is 24.2. The summed E-state index contributed by atoms with van der Waals surface area (Å²) in [6.07, 6.45) is -0.733. The van der Waals surface area contributed by atoms with Gasteiger partial charge in [-0.1, -0.05) is 0 Å². The van der Waals surface area contributed by atoms with Gasteiger partial charge in [0.15, 0.2) is 6.10 Å². The molecule has 0 radical (unpaired) electrons. The second-order valence-corrected chi connectivity index (χ2v) is 9.14. The van der Waals surface area contributed by atoms with Crippen molar-refractivity contribution in [3.63, 3.8) is 0 Å². The molecule has 166 valence electrons. The molecule has 0 saturated heterocycles. The molecule has 0 aliphatic carbocycles. The van der Waals surface area contributed by atoms with Crippen LogP contribution in [0.5, 0.6) is 11.5 Å². The van der Waals surface area contributed by atoms with Gasteiger partial charge >= 0.3 is 0 Å². The van der Waals surface area contributed by atoms with Crippen LogP contribution in [0.1, 0.15) is 19.4 Å². The third-order valence-corrected chi connectivity index (χ3v) is 6.66. The fourth-order valence-corrected chi connectivity index (χ4v) is 4.42. The van der Waals surface area contributed by atoms with Gasteiger partial charge in [0, 0.05) is 18.8 Å². The first kappa shape index (κ1) is 22.6. The molecular formula is C21H25N3O6S. The van der Waals surface area contributed by atoms with E-state index < -0.39 is 22.0 Å². The van der Waals surface area contributed by atoms with Gasteiger partial charge in [-0.3, -0.25) is 9.59 Å². The van der Waals surface area contributed by atoms with Crippen molar-refractivity contribution < 1.29 is 27.5 Å². The van der Waals surface area contributed by atoms with Crippen LogP contribution in [0.3, 0.4) is 0 Å². The van der Waals surface area contributed by atoms with Crippen molar-refractivity contribution in [3.05, 3.63) is 42.0 Å². The Bertz CT molecular complexity index is 1100. The number of sulfonamides is 1. The maximum absolute atomic E-state index is 13.1. The molecule has 0 unspecified atom stereocenters. The quantitative estimate of drug-likeness (QED) is 0.674. The number of nitrogens with zero attached hydrogens (tertiary/aromatic N) is 1. The van der Waals surface area contributed by atoms with Crippen molar-refractivity contribution >= 4 is 33.2 Å². The van der Waals surface area contributed by atoms with Gasteiger partial charge in [0.2, 0.25) is 15.9 Å². The van der Waals surface area contributed by atoms with Gasteiger partial charge in [-0.15, -0.1) is 0 Å². The molecular weight excluding hydrogens is 422 g/mol. The van der Waals surface area contributed by atoms with E-state index in [9.17, 15) is 18.0 Å². The van der Waals surface area contributed by atoms with Gasteiger partial charge in [-0.2, -0.15) is 4.31 Å². The van der Waals surface area contributed by atoms with E-state index in [0.717, 1.165) is 4.31 Å². The number of rotatable bonds is 7. The molecule has 1 atom stereocenters. The van der Waals surface area contributed by atoms with Gasteiger partial charge in [0.05, 0.1) is 23.7 Å². The van der Waals surface area contributed by atoms with Crippen LogP contribution in [0.2, 0.25) is 0 Å². The maximum Gasteiger partial charge on any atom is 0.265 e. The summed E-state index contributed by atoms with van der Waals surface area (Å²) < 4.78 is 38.0. The SMILES string of the molecule is CCOc1ccc(NC(=O)CN(C)S(=O)(=O)c2cc3c(cc2C)NC(=O)[C@H](C)O3)cc1. The third kappa shape index (κ3) is 4.97. The van der Waals surface area contributed by atoms with E-state index >= 15 is 0 Å². The molecule has 2 aromatic carbocycles. The second-order valence-electron chi connectivity index (χ2n) is 7.13. The minimum absolute atomic E-state index is 0.00552. The molecule has 0 spiro atoms. The molecule has 0 bridgehead atoms. The smallest absolute Gasteiger partial charge is 0.265 e. The molecule has 3 rings (SSSR count). The topological polar surface area (TPSA) is 114 Å². The fraction of sp³-hybridized carbons (Fsp3) is 0.333. The largest absolute Gasteiger partial charge is 0.494 e. The predicted octanol–water partition coefficient (Wildman–Crippen LogP) is 2.37. The van der Waals surface area contributed by atoms with Crippen molar-refractivity contribution in [2.45, 2.75) is 31.8 Å². The lowest BCUT2D eigenvalue weighted by molar-refractivity contribution is -0.122. The van der Waals surface area contributed by atoms with E-state index in [1.807, 2.05) is 6.92 Å². The highest BCUT2D eigenvalue weighted by Gasteiger charge is 2.30. The van der Waals surface area contributed by atoms with Crippen LogP contribution < -0.4 is 20.1 Å². The number of carbonyl (C=O) groups is 2. The molecule has 0 aromatic heterocycles. The van der Waals surface area contributed by atoms with Crippen molar-refractivity contribution in [1.82, 2.24) is 4.31 Å². The molecule has 31 heavy (non-hydrogen) atoms. The first-order valence-electron chi connectivity index (χ1n) is 9.73.